The van der Waals surface area contributed by atoms with Gasteiger partial charge in [0.15, 0.2) is 0 Å². The lowest BCUT2D eigenvalue weighted by Crippen LogP contribution is -2.15. The SMILES string of the molecule is COc1cnc(CCN)[nH]c1=O. The molecule has 0 saturated heterocycles. The molecule has 3 N–H and O–H groups in total. The van der Waals surface area contributed by atoms with Crippen molar-refractivity contribution < 1.29 is 4.74 Å². The Kier molecular flexibility index (Phi) is 2.82. The van der Waals surface area contributed by atoms with E-state index < -0.39 is 0 Å². The number of rotatable bonds is 3. The molecule has 0 saturated carbocycles. The van der Waals surface area contributed by atoms with Crippen LogP contribution in [0.5, 0.6) is 5.75 Å². The van der Waals surface area contributed by atoms with Gasteiger partial charge in [-0.2, -0.15) is 0 Å². The van der Waals surface area contributed by atoms with Crippen molar-refractivity contribution in [2.45, 2.75) is 6.42 Å². The highest BCUT2D eigenvalue weighted by molar-refractivity contribution is 5.12. The number of nitrogens with one attached hydrogen (secondary N) is 1. The molecular weight excluding hydrogens is 158 g/mol. The molecule has 0 bridgehead atoms. The first-order chi connectivity index (χ1) is 5.77. The zero-order chi connectivity index (χ0) is 8.97. The Balaban J connectivity index is 2.94. The van der Waals surface area contributed by atoms with Gasteiger partial charge in [-0.3, -0.25) is 4.79 Å². The number of nitrogens with zero attached hydrogens (tertiary/aromatic N) is 1. The van der Waals surface area contributed by atoms with Crippen molar-refractivity contribution >= 4 is 0 Å². The number of hydrogen-bond donors (Lipinski definition) is 2. The summed E-state index contributed by atoms with van der Waals surface area (Å²) in [7, 11) is 1.43. The molecule has 1 aromatic heterocycles. The van der Waals surface area contributed by atoms with Gasteiger partial charge in [0.1, 0.15) is 5.82 Å². The highest BCUT2D eigenvalue weighted by atomic mass is 16.5. The molecule has 0 aromatic carbocycles. The van der Waals surface area contributed by atoms with Crippen LogP contribution in [0.4, 0.5) is 0 Å². The van der Waals surface area contributed by atoms with E-state index in [1.54, 1.807) is 0 Å². The van der Waals surface area contributed by atoms with Crippen LogP contribution < -0.4 is 16.0 Å². The second kappa shape index (κ2) is 3.87. The normalized spacial score (nSPS) is 9.83. The minimum atomic E-state index is -0.268. The summed E-state index contributed by atoms with van der Waals surface area (Å²) in [5, 5.41) is 0. The van der Waals surface area contributed by atoms with Crippen molar-refractivity contribution in [2.24, 2.45) is 5.73 Å². The van der Waals surface area contributed by atoms with E-state index in [0.29, 0.717) is 18.8 Å². The topological polar surface area (TPSA) is 81.0 Å². The number of ether oxygens (including phenoxy) is 1. The van der Waals surface area contributed by atoms with Gasteiger partial charge in [0, 0.05) is 6.42 Å². The molecule has 0 atom stereocenters. The molecule has 0 spiro atoms. The summed E-state index contributed by atoms with van der Waals surface area (Å²) in [6.45, 7) is 0.468. The summed E-state index contributed by atoms with van der Waals surface area (Å²) < 4.78 is 4.74. The van der Waals surface area contributed by atoms with E-state index >= 15 is 0 Å². The van der Waals surface area contributed by atoms with Crippen molar-refractivity contribution in [3.05, 3.63) is 22.4 Å². The first-order valence-corrected chi connectivity index (χ1v) is 3.60. The maximum Gasteiger partial charge on any atom is 0.293 e. The Bertz CT molecular complexity index is 308. The highest BCUT2D eigenvalue weighted by Crippen LogP contribution is 1.97. The average Bonchev–Trinajstić information content (AvgIpc) is 2.05. The van der Waals surface area contributed by atoms with Crippen LogP contribution in [-0.2, 0) is 6.42 Å². The summed E-state index contributed by atoms with van der Waals surface area (Å²) >= 11 is 0. The van der Waals surface area contributed by atoms with E-state index in [-0.39, 0.29) is 11.3 Å². The summed E-state index contributed by atoms with van der Waals surface area (Å²) in [5.74, 6) is 0.805. The minimum absolute atomic E-state index is 0.218. The molecule has 0 aliphatic carbocycles. The van der Waals surface area contributed by atoms with Gasteiger partial charge >= 0.3 is 0 Å². The van der Waals surface area contributed by atoms with Gasteiger partial charge in [-0.25, -0.2) is 4.98 Å². The molecule has 0 radical (unpaired) electrons. The lowest BCUT2D eigenvalue weighted by atomic mass is 10.4. The Morgan fingerprint density at radius 3 is 3.00 bits per heavy atom. The van der Waals surface area contributed by atoms with E-state index in [0.717, 1.165) is 0 Å². The number of H-pyrrole nitrogens is 1. The largest absolute Gasteiger partial charge is 0.490 e. The van der Waals surface area contributed by atoms with Crippen LogP contribution in [0.15, 0.2) is 11.0 Å². The minimum Gasteiger partial charge on any atom is -0.490 e. The third kappa shape index (κ3) is 1.82. The molecule has 5 nitrogen and oxygen atoms in total. The molecule has 0 aliphatic heterocycles. The van der Waals surface area contributed by atoms with Crippen molar-refractivity contribution in [1.82, 2.24) is 9.97 Å². The Morgan fingerprint density at radius 2 is 2.50 bits per heavy atom. The van der Waals surface area contributed by atoms with E-state index in [1.165, 1.54) is 13.3 Å². The molecule has 12 heavy (non-hydrogen) atoms. The Labute approximate surface area is 69.6 Å². The van der Waals surface area contributed by atoms with E-state index in [4.69, 9.17) is 10.5 Å². The second-order valence-electron chi connectivity index (χ2n) is 2.27. The number of aromatic amines is 1. The van der Waals surface area contributed by atoms with Gasteiger partial charge < -0.3 is 15.5 Å². The maximum absolute atomic E-state index is 11.1. The van der Waals surface area contributed by atoms with Gasteiger partial charge in [-0.1, -0.05) is 0 Å². The molecule has 1 aromatic rings. The molecule has 0 amide bonds. The fourth-order valence-electron chi connectivity index (χ4n) is 0.829. The smallest absolute Gasteiger partial charge is 0.293 e. The first-order valence-electron chi connectivity index (χ1n) is 3.60. The Morgan fingerprint density at radius 1 is 1.75 bits per heavy atom. The van der Waals surface area contributed by atoms with Gasteiger partial charge in [-0.05, 0) is 6.54 Å². The first kappa shape index (κ1) is 8.73. The molecule has 66 valence electrons. The van der Waals surface area contributed by atoms with Crippen LogP contribution in [0.3, 0.4) is 0 Å². The number of hydrogen-bond acceptors (Lipinski definition) is 4. The fraction of sp³-hybridized carbons (Fsp3) is 0.429. The van der Waals surface area contributed by atoms with Gasteiger partial charge in [0.05, 0.1) is 13.3 Å². The third-order valence-electron chi connectivity index (χ3n) is 1.42. The van der Waals surface area contributed by atoms with Gasteiger partial charge in [-0.15, -0.1) is 0 Å². The Hall–Kier alpha value is -1.36. The quantitative estimate of drug-likeness (QED) is 0.625. The maximum atomic E-state index is 11.1. The zero-order valence-electron chi connectivity index (χ0n) is 6.83. The van der Waals surface area contributed by atoms with E-state index in [9.17, 15) is 4.79 Å². The predicted octanol–water partition coefficient (Wildman–Crippen LogP) is -0.720. The van der Waals surface area contributed by atoms with Gasteiger partial charge in [0.2, 0.25) is 5.75 Å². The predicted molar refractivity (Wildman–Crippen MR) is 44.2 cm³/mol. The highest BCUT2D eigenvalue weighted by Gasteiger charge is 2.00. The van der Waals surface area contributed by atoms with Crippen molar-refractivity contribution in [3.8, 4) is 5.75 Å². The third-order valence-corrected chi connectivity index (χ3v) is 1.42. The summed E-state index contributed by atoms with van der Waals surface area (Å²) in [5.41, 5.74) is 5.02. The average molecular weight is 169 g/mol. The molecule has 0 aliphatic rings. The van der Waals surface area contributed by atoms with Crippen LogP contribution in [0.2, 0.25) is 0 Å². The number of aromatic nitrogens is 2. The lowest BCUT2D eigenvalue weighted by Gasteiger charge is -1.99. The van der Waals surface area contributed by atoms with Crippen LogP contribution in [0, 0.1) is 0 Å². The molecule has 5 heteroatoms. The lowest BCUT2D eigenvalue weighted by molar-refractivity contribution is 0.405. The summed E-state index contributed by atoms with van der Waals surface area (Å²) in [4.78, 5) is 17.6. The van der Waals surface area contributed by atoms with Crippen molar-refractivity contribution in [1.29, 1.82) is 0 Å². The number of methoxy groups -OCH3 is 1. The molecule has 1 rings (SSSR count). The van der Waals surface area contributed by atoms with E-state index in [1.807, 2.05) is 0 Å². The van der Waals surface area contributed by atoms with Crippen molar-refractivity contribution in [3.63, 3.8) is 0 Å². The molecule has 1 heterocycles. The number of nitrogens with two attached hydrogens (primary N) is 1. The summed E-state index contributed by atoms with van der Waals surface area (Å²) in [6, 6.07) is 0. The monoisotopic (exact) mass is 169 g/mol. The molecule has 0 fully saturated rings. The summed E-state index contributed by atoms with van der Waals surface area (Å²) in [6.07, 6.45) is 1.96. The van der Waals surface area contributed by atoms with Crippen LogP contribution in [0.25, 0.3) is 0 Å². The van der Waals surface area contributed by atoms with Gasteiger partial charge in [0.25, 0.3) is 5.56 Å². The second-order valence-corrected chi connectivity index (χ2v) is 2.27. The standard InChI is InChI=1S/C7H11N3O2/c1-12-5-4-9-6(2-3-8)10-7(5)11/h4H,2-3,8H2,1H3,(H,9,10,11). The van der Waals surface area contributed by atoms with Crippen molar-refractivity contribution in [2.75, 3.05) is 13.7 Å². The molecular formula is C7H11N3O2. The van der Waals surface area contributed by atoms with E-state index in [2.05, 4.69) is 9.97 Å². The fourth-order valence-corrected chi connectivity index (χ4v) is 0.829. The van der Waals surface area contributed by atoms with Crippen LogP contribution >= 0.6 is 0 Å². The zero-order valence-corrected chi connectivity index (χ0v) is 6.83. The molecule has 0 unspecified atom stereocenters. The van der Waals surface area contributed by atoms with Crippen LogP contribution in [-0.4, -0.2) is 23.6 Å². The van der Waals surface area contributed by atoms with Crippen LogP contribution in [0.1, 0.15) is 5.82 Å².